The molecule has 0 saturated carbocycles. The molecule has 96 valence electrons. The summed E-state index contributed by atoms with van der Waals surface area (Å²) in [5, 5.41) is 0.390. The fraction of sp³-hybridized carbons (Fsp3) is 1.00. The first-order valence-corrected chi connectivity index (χ1v) is 7.92. The van der Waals surface area contributed by atoms with E-state index in [0.717, 1.165) is 6.61 Å². The Morgan fingerprint density at radius 2 is 1.44 bits per heavy atom. The Labute approximate surface area is 105 Å². The van der Waals surface area contributed by atoms with Crippen LogP contribution in [0, 0.1) is 0 Å². The van der Waals surface area contributed by atoms with Crippen molar-refractivity contribution in [2.24, 2.45) is 0 Å². The Morgan fingerprint density at radius 1 is 0.875 bits per heavy atom. The lowest BCUT2D eigenvalue weighted by molar-refractivity contribution is 0.303. The third-order valence-corrected chi connectivity index (χ3v) is 4.34. The molecule has 2 radical (unpaired) electrons. The van der Waals surface area contributed by atoms with E-state index in [0.29, 0.717) is 14.8 Å². The Balaban J connectivity index is 3.10. The first-order chi connectivity index (χ1) is 7.62. The highest BCUT2D eigenvalue weighted by Crippen LogP contribution is 2.26. The van der Waals surface area contributed by atoms with Crippen molar-refractivity contribution in [3.05, 3.63) is 0 Å². The number of rotatable bonds is 11. The lowest BCUT2D eigenvalue weighted by Gasteiger charge is -2.19. The molecule has 0 atom stereocenters. The normalized spacial score (nSPS) is 12.0. The van der Waals surface area contributed by atoms with Gasteiger partial charge in [-0.2, -0.15) is 0 Å². The summed E-state index contributed by atoms with van der Waals surface area (Å²) in [6.45, 7) is 10.1. The zero-order valence-electron chi connectivity index (χ0n) is 11.8. The highest BCUT2D eigenvalue weighted by atomic mass is 28.2. The summed E-state index contributed by atoms with van der Waals surface area (Å²) in [7, 11) is 0.671. The minimum absolute atomic E-state index is 0.390. The number of hydrogen-bond donors (Lipinski definition) is 0. The summed E-state index contributed by atoms with van der Waals surface area (Å²) in [4.78, 5) is 0. The van der Waals surface area contributed by atoms with Gasteiger partial charge in [0.05, 0.1) is 0 Å². The predicted molar refractivity (Wildman–Crippen MR) is 74.0 cm³/mol. The van der Waals surface area contributed by atoms with Gasteiger partial charge in [0.25, 0.3) is 0 Å². The molecule has 0 heterocycles. The van der Waals surface area contributed by atoms with Gasteiger partial charge in [-0.1, -0.05) is 72.6 Å². The third kappa shape index (κ3) is 10.7. The SMILES string of the molecule is CCCCCCCCCO[Si]C(C)(C)CC. The molecule has 0 bridgehead atoms. The van der Waals surface area contributed by atoms with E-state index < -0.39 is 0 Å². The van der Waals surface area contributed by atoms with Gasteiger partial charge < -0.3 is 4.43 Å². The fourth-order valence-corrected chi connectivity index (χ4v) is 2.23. The second-order valence-electron chi connectivity index (χ2n) is 5.31. The summed E-state index contributed by atoms with van der Waals surface area (Å²) in [6, 6.07) is 0. The lowest BCUT2D eigenvalue weighted by atomic mass is 10.1. The molecule has 1 nitrogen and oxygen atoms in total. The van der Waals surface area contributed by atoms with Gasteiger partial charge in [-0.25, -0.2) is 0 Å². The second kappa shape index (κ2) is 10.3. The maximum atomic E-state index is 5.74. The minimum Gasteiger partial charge on any atom is -0.417 e. The van der Waals surface area contributed by atoms with Crippen LogP contribution in [0.25, 0.3) is 0 Å². The van der Waals surface area contributed by atoms with Crippen LogP contribution in [0.1, 0.15) is 79.1 Å². The second-order valence-corrected chi connectivity index (χ2v) is 7.16. The smallest absolute Gasteiger partial charge is 0.235 e. The van der Waals surface area contributed by atoms with E-state index >= 15 is 0 Å². The van der Waals surface area contributed by atoms with Crippen molar-refractivity contribution < 1.29 is 4.43 Å². The Hall–Kier alpha value is 0.177. The van der Waals surface area contributed by atoms with Gasteiger partial charge in [0.2, 0.25) is 9.76 Å². The van der Waals surface area contributed by atoms with Gasteiger partial charge in [0.1, 0.15) is 0 Å². The maximum absolute atomic E-state index is 5.74. The lowest BCUT2D eigenvalue weighted by Crippen LogP contribution is -2.15. The van der Waals surface area contributed by atoms with E-state index in [1.165, 1.54) is 51.4 Å². The highest BCUT2D eigenvalue weighted by Gasteiger charge is 2.17. The molecule has 16 heavy (non-hydrogen) atoms. The van der Waals surface area contributed by atoms with E-state index in [2.05, 4.69) is 27.7 Å². The Morgan fingerprint density at radius 3 is 2.00 bits per heavy atom. The predicted octanol–water partition coefficient (Wildman–Crippen LogP) is 4.98. The maximum Gasteiger partial charge on any atom is 0.235 e. The molecule has 0 fully saturated rings. The molecule has 0 rings (SSSR count). The highest BCUT2D eigenvalue weighted by molar-refractivity contribution is 6.31. The molecule has 0 N–H and O–H groups in total. The standard InChI is InChI=1S/C14H30OSi/c1-5-7-8-9-10-11-12-13-15-16-14(3,4)6-2/h5-13H2,1-4H3. The van der Waals surface area contributed by atoms with Crippen LogP contribution in [0.4, 0.5) is 0 Å². The van der Waals surface area contributed by atoms with Crippen LogP contribution in [-0.4, -0.2) is 16.4 Å². The summed E-state index contributed by atoms with van der Waals surface area (Å²) in [6.07, 6.45) is 10.8. The van der Waals surface area contributed by atoms with Crippen molar-refractivity contribution in [2.45, 2.75) is 84.1 Å². The largest absolute Gasteiger partial charge is 0.417 e. The Bertz CT molecular complexity index is 146. The van der Waals surface area contributed by atoms with E-state index in [9.17, 15) is 0 Å². The molecule has 0 aromatic carbocycles. The topological polar surface area (TPSA) is 9.23 Å². The summed E-state index contributed by atoms with van der Waals surface area (Å²) in [5.74, 6) is 0. The van der Waals surface area contributed by atoms with Crippen LogP contribution in [-0.2, 0) is 4.43 Å². The van der Waals surface area contributed by atoms with Gasteiger partial charge in [0, 0.05) is 6.61 Å². The van der Waals surface area contributed by atoms with Crippen LogP contribution < -0.4 is 0 Å². The van der Waals surface area contributed by atoms with Gasteiger partial charge in [-0.15, -0.1) is 0 Å². The van der Waals surface area contributed by atoms with Gasteiger partial charge in [0.15, 0.2) is 0 Å². The molecule has 0 aliphatic heterocycles. The van der Waals surface area contributed by atoms with Crippen molar-refractivity contribution in [1.82, 2.24) is 0 Å². The molecule has 2 heteroatoms. The molecule has 0 saturated heterocycles. The minimum atomic E-state index is 0.390. The molecular formula is C14H30OSi. The fourth-order valence-electron chi connectivity index (χ4n) is 1.45. The number of unbranched alkanes of at least 4 members (excludes halogenated alkanes) is 6. The first-order valence-electron chi connectivity index (χ1n) is 7.01. The van der Waals surface area contributed by atoms with Crippen LogP contribution in [0.2, 0.25) is 5.04 Å². The van der Waals surface area contributed by atoms with Gasteiger partial charge in [-0.05, 0) is 11.5 Å². The van der Waals surface area contributed by atoms with Crippen LogP contribution >= 0.6 is 0 Å². The van der Waals surface area contributed by atoms with Crippen LogP contribution in [0.5, 0.6) is 0 Å². The number of hydrogen-bond acceptors (Lipinski definition) is 1. The van der Waals surface area contributed by atoms with Crippen molar-refractivity contribution >= 4 is 9.76 Å². The molecule has 0 aromatic heterocycles. The van der Waals surface area contributed by atoms with Crippen molar-refractivity contribution in [2.75, 3.05) is 6.61 Å². The monoisotopic (exact) mass is 242 g/mol. The molecule has 0 amide bonds. The molecule has 0 spiro atoms. The molecule has 0 aromatic rings. The Kier molecular flexibility index (Phi) is 10.5. The zero-order chi connectivity index (χ0) is 12.3. The van der Waals surface area contributed by atoms with Crippen LogP contribution in [0.3, 0.4) is 0 Å². The molecule has 0 aliphatic rings. The summed E-state index contributed by atoms with van der Waals surface area (Å²) < 4.78 is 5.74. The zero-order valence-corrected chi connectivity index (χ0v) is 12.8. The van der Waals surface area contributed by atoms with Crippen molar-refractivity contribution in [3.8, 4) is 0 Å². The molecule has 0 aliphatic carbocycles. The van der Waals surface area contributed by atoms with E-state index in [1.807, 2.05) is 0 Å². The average molecular weight is 242 g/mol. The van der Waals surface area contributed by atoms with E-state index in [1.54, 1.807) is 0 Å². The summed E-state index contributed by atoms with van der Waals surface area (Å²) in [5.41, 5.74) is 0. The average Bonchev–Trinajstić information content (AvgIpc) is 2.27. The van der Waals surface area contributed by atoms with E-state index in [4.69, 9.17) is 4.43 Å². The first kappa shape index (κ1) is 16.2. The third-order valence-electron chi connectivity index (χ3n) is 3.08. The van der Waals surface area contributed by atoms with Gasteiger partial charge in [-0.3, -0.25) is 0 Å². The van der Waals surface area contributed by atoms with Crippen LogP contribution in [0.15, 0.2) is 0 Å². The van der Waals surface area contributed by atoms with Crippen molar-refractivity contribution in [1.29, 1.82) is 0 Å². The van der Waals surface area contributed by atoms with Gasteiger partial charge >= 0.3 is 0 Å². The molecular weight excluding hydrogens is 212 g/mol. The molecule has 0 unspecified atom stereocenters. The summed E-state index contributed by atoms with van der Waals surface area (Å²) >= 11 is 0. The van der Waals surface area contributed by atoms with Crippen molar-refractivity contribution in [3.63, 3.8) is 0 Å². The quantitative estimate of drug-likeness (QED) is 0.367. The van der Waals surface area contributed by atoms with E-state index in [-0.39, 0.29) is 0 Å².